The van der Waals surface area contributed by atoms with Crippen molar-refractivity contribution in [1.82, 2.24) is 15.5 Å². The maximum absolute atomic E-state index is 11.7. The molecule has 2 heterocycles. The first-order chi connectivity index (χ1) is 12.6. The Balaban J connectivity index is 1.65. The molecule has 0 saturated heterocycles. The molecule has 1 aromatic carbocycles. The molecule has 2 aromatic heterocycles. The van der Waals surface area contributed by atoms with E-state index in [9.17, 15) is 9.59 Å². The molecule has 0 saturated carbocycles. The zero-order chi connectivity index (χ0) is 18.5. The van der Waals surface area contributed by atoms with Gasteiger partial charge in [0.1, 0.15) is 11.3 Å². The van der Waals surface area contributed by atoms with Gasteiger partial charge in [-0.15, -0.1) is 0 Å². The number of aliphatic hydroxyl groups is 1. The third-order valence-electron chi connectivity index (χ3n) is 3.57. The summed E-state index contributed by atoms with van der Waals surface area (Å²) < 4.78 is 15.6. The fourth-order valence-electron chi connectivity index (χ4n) is 2.30. The number of benzene rings is 1. The van der Waals surface area contributed by atoms with Crippen LogP contribution in [-0.2, 0) is 6.61 Å². The van der Waals surface area contributed by atoms with Crippen LogP contribution in [0.5, 0.6) is 5.75 Å². The van der Waals surface area contributed by atoms with Crippen LogP contribution in [0.25, 0.3) is 11.0 Å². The van der Waals surface area contributed by atoms with Gasteiger partial charge in [-0.3, -0.25) is 4.79 Å². The molecule has 0 aliphatic carbocycles. The molecule has 9 heteroatoms. The number of ether oxygens (including phenoxy) is 1. The minimum absolute atomic E-state index is 0.0189. The van der Waals surface area contributed by atoms with Crippen molar-refractivity contribution in [2.75, 3.05) is 13.2 Å². The summed E-state index contributed by atoms with van der Waals surface area (Å²) in [6, 6.07) is 6.55. The van der Waals surface area contributed by atoms with Crippen molar-refractivity contribution in [3.63, 3.8) is 0 Å². The molecule has 9 nitrogen and oxygen atoms in total. The summed E-state index contributed by atoms with van der Waals surface area (Å²) in [5.41, 5.74) is 0.810. The van der Waals surface area contributed by atoms with Crippen LogP contribution in [0.3, 0.4) is 0 Å². The molecule has 0 aliphatic rings. The van der Waals surface area contributed by atoms with Crippen molar-refractivity contribution in [3.8, 4) is 5.75 Å². The third kappa shape index (κ3) is 4.06. The van der Waals surface area contributed by atoms with Crippen molar-refractivity contribution < 1.29 is 23.6 Å². The van der Waals surface area contributed by atoms with Crippen molar-refractivity contribution in [1.29, 1.82) is 0 Å². The van der Waals surface area contributed by atoms with Crippen LogP contribution in [0.4, 0.5) is 0 Å². The Morgan fingerprint density at radius 2 is 2.19 bits per heavy atom. The van der Waals surface area contributed by atoms with E-state index in [2.05, 4.69) is 15.5 Å². The molecule has 0 aliphatic heterocycles. The van der Waals surface area contributed by atoms with Crippen LogP contribution in [0.1, 0.15) is 28.5 Å². The van der Waals surface area contributed by atoms with E-state index in [4.69, 9.17) is 18.8 Å². The molecule has 26 heavy (non-hydrogen) atoms. The third-order valence-corrected chi connectivity index (χ3v) is 3.57. The predicted molar refractivity (Wildman–Crippen MR) is 89.9 cm³/mol. The second-order valence-corrected chi connectivity index (χ2v) is 5.54. The summed E-state index contributed by atoms with van der Waals surface area (Å²) in [7, 11) is 0. The number of aromatic nitrogens is 2. The Labute approximate surface area is 147 Å². The predicted octanol–water partition coefficient (Wildman–Crippen LogP) is 1.18. The highest BCUT2D eigenvalue weighted by Gasteiger charge is 2.15. The maximum Gasteiger partial charge on any atom is 0.336 e. The van der Waals surface area contributed by atoms with Crippen LogP contribution in [0, 0.1) is 6.92 Å². The number of nitrogens with one attached hydrogen (secondary N) is 1. The average Bonchev–Trinajstić information content (AvgIpc) is 3.08. The molecular weight excluding hydrogens is 342 g/mol. The summed E-state index contributed by atoms with van der Waals surface area (Å²) in [5.74, 6) is -0.0325. The van der Waals surface area contributed by atoms with Crippen LogP contribution < -0.4 is 15.7 Å². The quantitative estimate of drug-likeness (QED) is 0.475. The van der Waals surface area contributed by atoms with Gasteiger partial charge in [0.15, 0.2) is 6.61 Å². The van der Waals surface area contributed by atoms with Gasteiger partial charge in [-0.1, -0.05) is 5.16 Å². The van der Waals surface area contributed by atoms with E-state index >= 15 is 0 Å². The summed E-state index contributed by atoms with van der Waals surface area (Å²) in [5, 5.41) is 15.7. The van der Waals surface area contributed by atoms with Crippen LogP contribution in [0.2, 0.25) is 0 Å². The van der Waals surface area contributed by atoms with E-state index in [1.807, 2.05) is 6.92 Å². The number of carbonyl (C=O) groups excluding carboxylic acids is 1. The first kappa shape index (κ1) is 17.6. The Hall–Kier alpha value is -3.20. The molecule has 1 amide bonds. The molecule has 0 atom stereocenters. The van der Waals surface area contributed by atoms with Gasteiger partial charge in [-0.25, -0.2) is 4.79 Å². The molecule has 0 radical (unpaired) electrons. The molecule has 2 N–H and O–H groups in total. The van der Waals surface area contributed by atoms with Gasteiger partial charge in [-0.05, 0) is 31.0 Å². The number of aliphatic hydroxyl groups excluding tert-OH is 1. The zero-order valence-corrected chi connectivity index (χ0v) is 14.0. The van der Waals surface area contributed by atoms with E-state index in [1.54, 1.807) is 18.2 Å². The number of nitrogens with zero attached hydrogens (tertiary/aromatic N) is 2. The molecule has 136 valence electrons. The number of amides is 1. The Bertz CT molecular complexity index is 978. The lowest BCUT2D eigenvalue weighted by molar-refractivity contribution is 0.0907. The van der Waals surface area contributed by atoms with Crippen molar-refractivity contribution >= 4 is 16.9 Å². The van der Waals surface area contributed by atoms with Gasteiger partial charge in [0.25, 0.3) is 0 Å². The smallest absolute Gasteiger partial charge is 0.336 e. The highest BCUT2D eigenvalue weighted by molar-refractivity contribution is 5.89. The van der Waals surface area contributed by atoms with Gasteiger partial charge < -0.3 is 24.1 Å². The van der Waals surface area contributed by atoms with Crippen molar-refractivity contribution in [3.05, 3.63) is 52.0 Å². The van der Waals surface area contributed by atoms with Gasteiger partial charge in [-0.2, -0.15) is 4.98 Å². The van der Waals surface area contributed by atoms with Crippen molar-refractivity contribution in [2.24, 2.45) is 0 Å². The number of rotatable bonds is 7. The second-order valence-electron chi connectivity index (χ2n) is 5.54. The summed E-state index contributed by atoms with van der Waals surface area (Å²) in [6.07, 6.45) is 0.438. The molecule has 0 spiro atoms. The summed E-state index contributed by atoms with van der Waals surface area (Å²) in [4.78, 5) is 27.2. The topological polar surface area (TPSA) is 128 Å². The fraction of sp³-hybridized carbons (Fsp3) is 0.294. The number of carbonyl (C=O) groups is 1. The zero-order valence-electron chi connectivity index (χ0n) is 14.0. The van der Waals surface area contributed by atoms with E-state index in [-0.39, 0.29) is 24.9 Å². The molecule has 0 fully saturated rings. The van der Waals surface area contributed by atoms with Gasteiger partial charge in [0.05, 0.1) is 0 Å². The van der Waals surface area contributed by atoms with E-state index in [1.165, 1.54) is 6.07 Å². The van der Waals surface area contributed by atoms with Crippen LogP contribution in [0.15, 0.2) is 38.0 Å². The first-order valence-electron chi connectivity index (χ1n) is 7.96. The van der Waals surface area contributed by atoms with Crippen LogP contribution >= 0.6 is 0 Å². The fourth-order valence-corrected chi connectivity index (χ4v) is 2.30. The van der Waals surface area contributed by atoms with Crippen LogP contribution in [-0.4, -0.2) is 34.3 Å². The Morgan fingerprint density at radius 3 is 3.00 bits per heavy atom. The lowest BCUT2D eigenvalue weighted by Gasteiger charge is -2.05. The highest BCUT2D eigenvalue weighted by Crippen LogP contribution is 2.22. The van der Waals surface area contributed by atoms with E-state index in [0.29, 0.717) is 24.3 Å². The average molecular weight is 359 g/mol. The normalized spacial score (nSPS) is 10.8. The van der Waals surface area contributed by atoms with Gasteiger partial charge >= 0.3 is 17.4 Å². The lowest BCUT2D eigenvalue weighted by atomic mass is 10.1. The molecule has 3 rings (SSSR count). The van der Waals surface area contributed by atoms with Crippen molar-refractivity contribution in [2.45, 2.75) is 20.0 Å². The lowest BCUT2D eigenvalue weighted by Crippen LogP contribution is -2.25. The largest absolute Gasteiger partial charge is 0.485 e. The number of fused-ring (bicyclic) bond motifs is 1. The monoisotopic (exact) mass is 359 g/mol. The number of hydrogen-bond donors (Lipinski definition) is 2. The SMILES string of the molecule is Cc1cc(=O)oc2cc(OCc3noc(C(=O)NCCCO)n3)ccc12. The van der Waals surface area contributed by atoms with E-state index < -0.39 is 11.5 Å². The number of hydrogen-bond acceptors (Lipinski definition) is 8. The van der Waals surface area contributed by atoms with Gasteiger partial charge in [0, 0.05) is 30.7 Å². The molecular formula is C17H17N3O6. The molecule has 3 aromatic rings. The molecule has 0 unspecified atom stereocenters. The summed E-state index contributed by atoms with van der Waals surface area (Å²) in [6.45, 7) is 2.10. The first-order valence-corrected chi connectivity index (χ1v) is 7.96. The Kier molecular flexibility index (Phi) is 5.28. The number of aryl methyl sites for hydroxylation is 1. The van der Waals surface area contributed by atoms with Gasteiger partial charge in [0.2, 0.25) is 5.82 Å². The highest BCUT2D eigenvalue weighted by atomic mass is 16.5. The summed E-state index contributed by atoms with van der Waals surface area (Å²) >= 11 is 0. The minimum atomic E-state index is -0.514. The maximum atomic E-state index is 11.7. The molecule has 0 bridgehead atoms. The second kappa shape index (κ2) is 7.79. The Morgan fingerprint density at radius 1 is 1.35 bits per heavy atom. The minimum Gasteiger partial charge on any atom is -0.485 e. The van der Waals surface area contributed by atoms with E-state index in [0.717, 1.165) is 10.9 Å². The standard InChI is InChI=1S/C17H17N3O6/c1-10-7-15(22)25-13-8-11(3-4-12(10)13)24-9-14-19-17(26-20-14)16(23)18-5-2-6-21/h3-4,7-8,21H,2,5-6,9H2,1H3,(H,18,23).